The molecular formula is C11H16N2O3. The van der Waals surface area contributed by atoms with Gasteiger partial charge in [0.2, 0.25) is 0 Å². The normalized spacial score (nSPS) is 9.81. The zero-order valence-corrected chi connectivity index (χ0v) is 8.98. The van der Waals surface area contributed by atoms with Gasteiger partial charge in [0.25, 0.3) is 0 Å². The van der Waals surface area contributed by atoms with Crippen molar-refractivity contribution in [1.82, 2.24) is 10.8 Å². The summed E-state index contributed by atoms with van der Waals surface area (Å²) >= 11 is 0. The van der Waals surface area contributed by atoms with Crippen molar-refractivity contribution in [2.24, 2.45) is 0 Å². The lowest BCUT2D eigenvalue weighted by Gasteiger charge is -2.07. The number of hydrogen-bond donors (Lipinski definition) is 3. The first-order valence-corrected chi connectivity index (χ1v) is 5.13. The Labute approximate surface area is 94.4 Å². The van der Waals surface area contributed by atoms with Gasteiger partial charge in [-0.2, -0.15) is 0 Å². The number of nitrogens with one attached hydrogen (secondary N) is 2. The van der Waals surface area contributed by atoms with Gasteiger partial charge < -0.3 is 10.4 Å². The first-order valence-electron chi connectivity index (χ1n) is 5.13. The van der Waals surface area contributed by atoms with Crippen LogP contribution in [0.15, 0.2) is 30.3 Å². The number of carbonyl (C=O) groups excluding carboxylic acids is 1. The fraction of sp³-hybridized carbons (Fsp3) is 0.364. The van der Waals surface area contributed by atoms with Gasteiger partial charge in [-0.15, -0.1) is 0 Å². The maximum absolute atomic E-state index is 11.1. The van der Waals surface area contributed by atoms with Gasteiger partial charge in [-0.05, 0) is 12.0 Å². The predicted octanol–water partition coefficient (Wildman–Crippen LogP) is 0.800. The van der Waals surface area contributed by atoms with Gasteiger partial charge in [-0.1, -0.05) is 30.3 Å². The van der Waals surface area contributed by atoms with E-state index in [2.05, 4.69) is 10.8 Å². The Morgan fingerprint density at radius 1 is 1.31 bits per heavy atom. The minimum absolute atomic E-state index is 0.0607. The zero-order valence-electron chi connectivity index (χ0n) is 8.98. The van der Waals surface area contributed by atoms with E-state index in [1.807, 2.05) is 30.3 Å². The fourth-order valence-electron chi connectivity index (χ4n) is 1.08. The summed E-state index contributed by atoms with van der Waals surface area (Å²) in [5, 5.41) is 11.0. The van der Waals surface area contributed by atoms with Crippen molar-refractivity contribution in [3.8, 4) is 0 Å². The Morgan fingerprint density at radius 3 is 2.75 bits per heavy atom. The fourth-order valence-corrected chi connectivity index (χ4v) is 1.08. The molecule has 2 amide bonds. The average Bonchev–Trinajstić information content (AvgIpc) is 2.31. The first-order chi connectivity index (χ1) is 7.83. The highest BCUT2D eigenvalue weighted by atomic mass is 16.7. The second kappa shape index (κ2) is 7.67. The van der Waals surface area contributed by atoms with E-state index in [0.29, 0.717) is 19.6 Å². The summed E-state index contributed by atoms with van der Waals surface area (Å²) in [6.07, 6.45) is 0.534. The van der Waals surface area contributed by atoms with Crippen LogP contribution in [0.5, 0.6) is 0 Å². The Kier molecular flexibility index (Phi) is 5.98. The van der Waals surface area contributed by atoms with Crippen LogP contribution in [0.25, 0.3) is 0 Å². The van der Waals surface area contributed by atoms with Gasteiger partial charge in [-0.3, -0.25) is 4.84 Å². The van der Waals surface area contributed by atoms with Crippen LogP contribution in [0.2, 0.25) is 0 Å². The average molecular weight is 224 g/mol. The molecule has 0 spiro atoms. The molecule has 0 unspecified atom stereocenters. The molecule has 5 heteroatoms. The molecule has 1 aromatic rings. The molecule has 5 nitrogen and oxygen atoms in total. The lowest BCUT2D eigenvalue weighted by atomic mass is 10.2. The van der Waals surface area contributed by atoms with E-state index in [-0.39, 0.29) is 6.61 Å². The SMILES string of the molecule is O=C(NCCCO)NOCc1ccccc1. The molecule has 0 aromatic heterocycles. The number of hydrogen-bond acceptors (Lipinski definition) is 3. The minimum atomic E-state index is -0.399. The van der Waals surface area contributed by atoms with Gasteiger partial charge in [0.15, 0.2) is 0 Å². The third-order valence-corrected chi connectivity index (χ3v) is 1.87. The second-order valence-corrected chi connectivity index (χ2v) is 3.21. The smallest absolute Gasteiger partial charge is 0.338 e. The van der Waals surface area contributed by atoms with Crippen molar-refractivity contribution in [3.63, 3.8) is 0 Å². The number of aliphatic hydroxyl groups excluding tert-OH is 1. The summed E-state index contributed by atoms with van der Waals surface area (Å²) < 4.78 is 0. The minimum Gasteiger partial charge on any atom is -0.396 e. The van der Waals surface area contributed by atoms with Crippen LogP contribution < -0.4 is 10.8 Å². The summed E-state index contributed by atoms with van der Waals surface area (Å²) in [5.41, 5.74) is 3.24. The molecule has 88 valence electrons. The molecule has 0 atom stereocenters. The van der Waals surface area contributed by atoms with Gasteiger partial charge in [0.05, 0.1) is 6.61 Å². The third kappa shape index (κ3) is 5.33. The molecular weight excluding hydrogens is 208 g/mol. The number of aliphatic hydroxyl groups is 1. The van der Waals surface area contributed by atoms with Crippen molar-refractivity contribution in [1.29, 1.82) is 0 Å². The van der Waals surface area contributed by atoms with Gasteiger partial charge >= 0.3 is 6.03 Å². The van der Waals surface area contributed by atoms with E-state index in [1.165, 1.54) is 0 Å². The summed E-state index contributed by atoms with van der Waals surface area (Å²) in [4.78, 5) is 16.1. The van der Waals surface area contributed by atoms with Gasteiger partial charge in [-0.25, -0.2) is 10.3 Å². The van der Waals surface area contributed by atoms with Gasteiger partial charge in [0.1, 0.15) is 0 Å². The highest BCUT2D eigenvalue weighted by molar-refractivity contribution is 5.72. The zero-order chi connectivity index (χ0) is 11.6. The largest absolute Gasteiger partial charge is 0.396 e. The van der Waals surface area contributed by atoms with Crippen molar-refractivity contribution in [3.05, 3.63) is 35.9 Å². The van der Waals surface area contributed by atoms with Crippen molar-refractivity contribution in [2.75, 3.05) is 13.2 Å². The van der Waals surface area contributed by atoms with Crippen LogP contribution in [-0.2, 0) is 11.4 Å². The van der Waals surface area contributed by atoms with E-state index in [9.17, 15) is 4.79 Å². The molecule has 0 radical (unpaired) electrons. The quantitative estimate of drug-likeness (QED) is 0.494. The molecule has 3 N–H and O–H groups in total. The number of carbonyl (C=O) groups is 1. The van der Waals surface area contributed by atoms with Crippen LogP contribution in [-0.4, -0.2) is 24.3 Å². The van der Waals surface area contributed by atoms with Crippen LogP contribution in [0, 0.1) is 0 Å². The standard InChI is InChI=1S/C11H16N2O3/c14-8-4-7-12-11(15)13-16-9-10-5-2-1-3-6-10/h1-3,5-6,14H,4,7-9H2,(H2,12,13,15). The highest BCUT2D eigenvalue weighted by Crippen LogP contribution is 1.98. The van der Waals surface area contributed by atoms with E-state index < -0.39 is 6.03 Å². The maximum Gasteiger partial charge on any atom is 0.338 e. The summed E-state index contributed by atoms with van der Waals surface area (Å²) in [7, 11) is 0. The Hall–Kier alpha value is -1.59. The maximum atomic E-state index is 11.1. The summed E-state index contributed by atoms with van der Waals surface area (Å²) in [6, 6.07) is 9.14. The molecule has 0 aliphatic heterocycles. The third-order valence-electron chi connectivity index (χ3n) is 1.87. The van der Waals surface area contributed by atoms with Crippen LogP contribution in [0.4, 0.5) is 4.79 Å². The van der Waals surface area contributed by atoms with Crippen molar-refractivity contribution >= 4 is 6.03 Å². The molecule has 0 bridgehead atoms. The predicted molar refractivity (Wildman–Crippen MR) is 59.5 cm³/mol. The van der Waals surface area contributed by atoms with Crippen LogP contribution >= 0.6 is 0 Å². The molecule has 0 fully saturated rings. The van der Waals surface area contributed by atoms with E-state index in [0.717, 1.165) is 5.56 Å². The first kappa shape index (κ1) is 12.5. The number of benzene rings is 1. The molecule has 16 heavy (non-hydrogen) atoms. The lowest BCUT2D eigenvalue weighted by Crippen LogP contribution is -2.36. The molecule has 1 rings (SSSR count). The monoisotopic (exact) mass is 224 g/mol. The molecule has 0 heterocycles. The molecule has 0 aliphatic carbocycles. The van der Waals surface area contributed by atoms with Crippen LogP contribution in [0.1, 0.15) is 12.0 Å². The topological polar surface area (TPSA) is 70.6 Å². The van der Waals surface area contributed by atoms with E-state index in [1.54, 1.807) is 0 Å². The van der Waals surface area contributed by atoms with Crippen molar-refractivity contribution < 1.29 is 14.7 Å². The number of hydroxylamine groups is 1. The Morgan fingerprint density at radius 2 is 2.06 bits per heavy atom. The van der Waals surface area contributed by atoms with Gasteiger partial charge in [0, 0.05) is 13.2 Å². The highest BCUT2D eigenvalue weighted by Gasteiger charge is 1.98. The summed E-state index contributed by atoms with van der Waals surface area (Å²) in [6.45, 7) is 0.816. The summed E-state index contributed by atoms with van der Waals surface area (Å²) in [5.74, 6) is 0. The molecule has 0 saturated heterocycles. The Bertz CT molecular complexity index is 303. The molecule has 0 aliphatic rings. The number of amides is 2. The van der Waals surface area contributed by atoms with E-state index in [4.69, 9.17) is 9.94 Å². The lowest BCUT2D eigenvalue weighted by molar-refractivity contribution is 0.0490. The van der Waals surface area contributed by atoms with Crippen LogP contribution in [0.3, 0.4) is 0 Å². The Balaban J connectivity index is 2.09. The number of rotatable bonds is 6. The van der Waals surface area contributed by atoms with E-state index >= 15 is 0 Å². The second-order valence-electron chi connectivity index (χ2n) is 3.21. The molecule has 1 aromatic carbocycles. The number of urea groups is 1. The molecule has 0 saturated carbocycles. The van der Waals surface area contributed by atoms with Crippen molar-refractivity contribution in [2.45, 2.75) is 13.0 Å².